The fraction of sp³-hybridized carbons (Fsp3) is 0.250. The molecule has 0 bridgehead atoms. The fourth-order valence-electron chi connectivity index (χ4n) is 1.67. The van der Waals surface area contributed by atoms with Gasteiger partial charge >= 0.3 is 0 Å². The Morgan fingerprint density at radius 2 is 2.12 bits per heavy atom. The highest BCUT2D eigenvalue weighted by Gasteiger charge is 2.11. The van der Waals surface area contributed by atoms with E-state index < -0.39 is 0 Å². The van der Waals surface area contributed by atoms with Crippen molar-refractivity contribution in [3.05, 3.63) is 44.4 Å². The lowest BCUT2D eigenvalue weighted by Crippen LogP contribution is -2.07. The van der Waals surface area contributed by atoms with E-state index in [0.717, 1.165) is 20.4 Å². The average Bonchev–Trinajstić information content (AvgIpc) is 2.52. The highest BCUT2D eigenvalue weighted by molar-refractivity contribution is 14.1. The summed E-state index contributed by atoms with van der Waals surface area (Å²) in [7, 11) is 0. The summed E-state index contributed by atoms with van der Waals surface area (Å²) >= 11 is 2.17. The molecular weight excluding hydrogens is 332 g/mol. The summed E-state index contributed by atoms with van der Waals surface area (Å²) in [5.74, 6) is 0.398. The van der Waals surface area contributed by atoms with Crippen molar-refractivity contribution in [1.29, 1.82) is 0 Å². The maximum Gasteiger partial charge on any atom is 0.135 e. The number of hydrogen-bond acceptors (Lipinski definition) is 2. The van der Waals surface area contributed by atoms with Gasteiger partial charge in [-0.2, -0.15) is 5.10 Å². The molecule has 3 nitrogen and oxygen atoms in total. The first kappa shape index (κ1) is 12.3. The van der Waals surface area contributed by atoms with Crippen LogP contribution in [0.3, 0.4) is 0 Å². The monoisotopic (exact) mass is 345 g/mol. The Morgan fingerprint density at radius 1 is 1.41 bits per heavy atom. The summed E-state index contributed by atoms with van der Waals surface area (Å²) in [6, 6.07) is 4.75. The lowest BCUT2D eigenvalue weighted by Gasteiger charge is -2.07. The van der Waals surface area contributed by atoms with Crippen LogP contribution in [0.4, 0.5) is 10.2 Å². The van der Waals surface area contributed by atoms with Crippen LogP contribution in [0.1, 0.15) is 16.8 Å². The molecule has 0 saturated heterocycles. The highest BCUT2D eigenvalue weighted by atomic mass is 127. The van der Waals surface area contributed by atoms with Crippen LogP contribution in [0, 0.1) is 23.2 Å². The van der Waals surface area contributed by atoms with Gasteiger partial charge in [-0.25, -0.2) is 9.07 Å². The van der Waals surface area contributed by atoms with Crippen molar-refractivity contribution in [2.45, 2.75) is 20.4 Å². The van der Waals surface area contributed by atoms with Gasteiger partial charge in [0, 0.05) is 0 Å². The van der Waals surface area contributed by atoms with Crippen molar-refractivity contribution in [2.75, 3.05) is 5.73 Å². The molecule has 0 saturated carbocycles. The SMILES string of the molecule is Cc1ccc(F)cc1Cn1nc(C)c(I)c1N. The first-order valence-electron chi connectivity index (χ1n) is 5.22. The van der Waals surface area contributed by atoms with Crippen molar-refractivity contribution in [2.24, 2.45) is 0 Å². The van der Waals surface area contributed by atoms with E-state index in [1.165, 1.54) is 12.1 Å². The van der Waals surface area contributed by atoms with Crippen LogP contribution in [0.2, 0.25) is 0 Å². The van der Waals surface area contributed by atoms with Crippen LogP contribution in [-0.2, 0) is 6.54 Å². The minimum absolute atomic E-state index is 0.234. The molecule has 0 radical (unpaired) electrons. The molecule has 2 rings (SSSR count). The Morgan fingerprint density at radius 3 is 2.71 bits per heavy atom. The van der Waals surface area contributed by atoms with Crippen LogP contribution in [-0.4, -0.2) is 9.78 Å². The molecular formula is C12H13FIN3. The number of nitrogens with two attached hydrogens (primary N) is 1. The quantitative estimate of drug-likeness (QED) is 0.851. The largest absolute Gasteiger partial charge is 0.383 e. The van der Waals surface area contributed by atoms with Crippen molar-refractivity contribution >= 4 is 28.4 Å². The summed E-state index contributed by atoms with van der Waals surface area (Å²) in [6.45, 7) is 4.36. The van der Waals surface area contributed by atoms with E-state index in [4.69, 9.17) is 5.73 Å². The zero-order valence-corrected chi connectivity index (χ0v) is 11.8. The van der Waals surface area contributed by atoms with Gasteiger partial charge in [0.15, 0.2) is 0 Å². The van der Waals surface area contributed by atoms with Gasteiger partial charge in [-0.05, 0) is 59.7 Å². The molecule has 90 valence electrons. The number of nitrogens with zero attached hydrogens (tertiary/aromatic N) is 2. The number of aryl methyl sites for hydroxylation is 2. The van der Waals surface area contributed by atoms with Gasteiger partial charge in [0.05, 0.1) is 15.8 Å². The van der Waals surface area contributed by atoms with Gasteiger partial charge in [0.25, 0.3) is 0 Å². The second kappa shape index (κ2) is 4.64. The highest BCUT2D eigenvalue weighted by Crippen LogP contribution is 2.20. The fourth-order valence-corrected chi connectivity index (χ4v) is 2.06. The number of aromatic nitrogens is 2. The first-order chi connectivity index (χ1) is 7.99. The van der Waals surface area contributed by atoms with E-state index in [-0.39, 0.29) is 5.82 Å². The third-order valence-corrected chi connectivity index (χ3v) is 4.06. The van der Waals surface area contributed by atoms with E-state index in [9.17, 15) is 4.39 Å². The predicted octanol–water partition coefficient (Wildman–Crippen LogP) is 2.87. The summed E-state index contributed by atoms with van der Waals surface area (Å²) in [5.41, 5.74) is 8.77. The lowest BCUT2D eigenvalue weighted by molar-refractivity contribution is 0.618. The second-order valence-corrected chi connectivity index (χ2v) is 5.09. The first-order valence-corrected chi connectivity index (χ1v) is 6.30. The summed E-state index contributed by atoms with van der Waals surface area (Å²) in [4.78, 5) is 0. The topological polar surface area (TPSA) is 43.8 Å². The molecule has 1 aromatic carbocycles. The van der Waals surface area contributed by atoms with E-state index in [2.05, 4.69) is 27.7 Å². The number of hydrogen-bond donors (Lipinski definition) is 1. The third kappa shape index (κ3) is 2.43. The molecule has 0 amide bonds. The third-order valence-electron chi connectivity index (χ3n) is 2.72. The standard InChI is InChI=1S/C12H13FIN3/c1-7-3-4-10(13)5-9(7)6-17-12(15)11(14)8(2)16-17/h3-5H,6,15H2,1-2H3. The molecule has 5 heteroatoms. The smallest absolute Gasteiger partial charge is 0.135 e. The van der Waals surface area contributed by atoms with Gasteiger partial charge < -0.3 is 5.73 Å². The summed E-state index contributed by atoms with van der Waals surface area (Å²) < 4.78 is 15.8. The molecule has 0 spiro atoms. The van der Waals surface area contributed by atoms with Crippen molar-refractivity contribution in [3.63, 3.8) is 0 Å². The van der Waals surface area contributed by atoms with Gasteiger partial charge in [0.1, 0.15) is 11.6 Å². The molecule has 0 fully saturated rings. The number of nitrogen functional groups attached to an aromatic ring is 1. The molecule has 1 heterocycles. The number of benzene rings is 1. The van der Waals surface area contributed by atoms with E-state index in [1.807, 2.05) is 13.8 Å². The van der Waals surface area contributed by atoms with Gasteiger partial charge in [0.2, 0.25) is 0 Å². The van der Waals surface area contributed by atoms with Crippen LogP contribution in [0.25, 0.3) is 0 Å². The van der Waals surface area contributed by atoms with Crippen LogP contribution < -0.4 is 5.73 Å². The van der Waals surface area contributed by atoms with E-state index in [0.29, 0.717) is 12.4 Å². The molecule has 2 N–H and O–H groups in total. The second-order valence-electron chi connectivity index (χ2n) is 4.01. The van der Waals surface area contributed by atoms with Crippen molar-refractivity contribution < 1.29 is 4.39 Å². The normalized spacial score (nSPS) is 10.8. The molecule has 0 aliphatic heterocycles. The summed E-state index contributed by atoms with van der Waals surface area (Å²) in [5, 5.41) is 4.34. The van der Waals surface area contributed by atoms with E-state index in [1.54, 1.807) is 10.7 Å². The van der Waals surface area contributed by atoms with Gasteiger partial charge in [-0.3, -0.25) is 0 Å². The number of halogens is 2. The minimum Gasteiger partial charge on any atom is -0.383 e. The van der Waals surface area contributed by atoms with Crippen molar-refractivity contribution in [3.8, 4) is 0 Å². The Balaban J connectivity index is 2.37. The maximum absolute atomic E-state index is 13.2. The Kier molecular flexibility index (Phi) is 3.37. The van der Waals surface area contributed by atoms with Crippen LogP contribution in [0.15, 0.2) is 18.2 Å². The predicted molar refractivity (Wildman–Crippen MR) is 74.3 cm³/mol. The Labute approximate surface area is 113 Å². The Bertz CT molecular complexity index is 563. The van der Waals surface area contributed by atoms with Crippen molar-refractivity contribution in [1.82, 2.24) is 9.78 Å². The van der Waals surface area contributed by atoms with Gasteiger partial charge in [-0.1, -0.05) is 6.07 Å². The molecule has 0 unspecified atom stereocenters. The maximum atomic E-state index is 13.2. The minimum atomic E-state index is -0.234. The van der Waals surface area contributed by atoms with Crippen LogP contribution in [0.5, 0.6) is 0 Å². The molecule has 1 aromatic heterocycles. The summed E-state index contributed by atoms with van der Waals surface area (Å²) in [6.07, 6.45) is 0. The molecule has 0 aliphatic carbocycles. The number of anilines is 1. The molecule has 0 atom stereocenters. The van der Waals surface area contributed by atoms with E-state index >= 15 is 0 Å². The lowest BCUT2D eigenvalue weighted by atomic mass is 10.1. The van der Waals surface area contributed by atoms with Gasteiger partial charge in [-0.15, -0.1) is 0 Å². The zero-order valence-electron chi connectivity index (χ0n) is 9.67. The Hall–Kier alpha value is -1.11. The van der Waals surface area contributed by atoms with Crippen LogP contribution >= 0.6 is 22.6 Å². The number of rotatable bonds is 2. The molecule has 0 aliphatic rings. The zero-order chi connectivity index (χ0) is 12.6. The molecule has 2 aromatic rings. The average molecular weight is 345 g/mol. The molecule has 17 heavy (non-hydrogen) atoms.